The van der Waals surface area contributed by atoms with Crippen LogP contribution in [0, 0.1) is 12.3 Å². The molecule has 0 bridgehead atoms. The number of hydrogen-bond donors (Lipinski definition) is 0. The molecule has 5 aromatic rings. The van der Waals surface area contributed by atoms with Crippen LogP contribution in [0.25, 0.3) is 0 Å². The molecule has 5 aromatic carbocycles. The van der Waals surface area contributed by atoms with Gasteiger partial charge in [0.05, 0.1) is 10.6 Å². The van der Waals surface area contributed by atoms with E-state index in [0.717, 1.165) is 26.8 Å². The molecule has 6 rings (SSSR count). The molecule has 4 nitrogen and oxygen atoms in total. The molecule has 0 atom stereocenters. The molecule has 3 radical (unpaired) electrons. The number of cyclic esters (lactones) is 2. The third-order valence-corrected chi connectivity index (χ3v) is 11.4. The zero-order valence-electron chi connectivity index (χ0n) is 23.4. The van der Waals surface area contributed by atoms with E-state index in [0.29, 0.717) is 10.6 Å². The normalized spacial score (nSPS) is 11.8. The fourth-order valence-electron chi connectivity index (χ4n) is 4.43. The minimum atomic E-state index is -1.27. The Morgan fingerprint density at radius 3 is 0.955 bits per heavy atom. The van der Waals surface area contributed by atoms with Gasteiger partial charge in [0, 0.05) is 22.3 Å². The van der Waals surface area contributed by atoms with Gasteiger partial charge in [0.15, 0.2) is 0 Å². The fraction of sp³-hybridized carbons (Fsp3) is 0. The number of terminal acetylenes is 1. The van der Waals surface area contributed by atoms with E-state index >= 15 is 0 Å². The largest absolute Gasteiger partial charge is 0.386 e. The summed E-state index contributed by atoms with van der Waals surface area (Å²) in [6.07, 6.45) is 5.10. The van der Waals surface area contributed by atoms with Gasteiger partial charge >= 0.3 is 11.9 Å². The third-order valence-electron chi connectivity index (χ3n) is 6.24. The number of ether oxygens (including phenoxy) is 1. The first-order valence-corrected chi connectivity index (χ1v) is 15.9. The summed E-state index contributed by atoms with van der Waals surface area (Å²) in [5.41, 5.74) is 0.938. The van der Waals surface area contributed by atoms with Gasteiger partial charge < -0.3 is 4.74 Å². The molecule has 1 aliphatic rings. The van der Waals surface area contributed by atoms with Gasteiger partial charge in [-0.15, -0.1) is 6.42 Å². The second-order valence-electron chi connectivity index (χ2n) is 8.90. The number of benzene rings is 5. The molecule has 0 amide bonds. The number of rotatable bonds is 6. The Morgan fingerprint density at radius 2 is 0.727 bits per heavy atom. The van der Waals surface area contributed by atoms with E-state index in [1.165, 1.54) is 0 Å². The second-order valence-corrected chi connectivity index (χ2v) is 13.2. The van der Waals surface area contributed by atoms with Crippen LogP contribution in [0.4, 0.5) is 0 Å². The van der Waals surface area contributed by atoms with E-state index in [9.17, 15) is 9.59 Å². The van der Waals surface area contributed by atoms with Crippen molar-refractivity contribution in [1.29, 1.82) is 0 Å². The smallest absolute Gasteiger partial charge is 0.348 e. The van der Waals surface area contributed by atoms with Crippen molar-refractivity contribution < 1.29 is 35.9 Å². The van der Waals surface area contributed by atoms with Gasteiger partial charge in [0.25, 0.3) is 6.79 Å². The molecule has 0 aliphatic carbocycles. The molecular formula is C37H26CoO4P2. The van der Waals surface area contributed by atoms with Crippen LogP contribution >= 0.6 is 15.8 Å². The van der Waals surface area contributed by atoms with Gasteiger partial charge in [-0.25, -0.2) is 9.59 Å². The summed E-state index contributed by atoms with van der Waals surface area (Å²) in [5, 5.41) is 5.02. The van der Waals surface area contributed by atoms with Gasteiger partial charge in [-0.1, -0.05) is 145 Å². The first-order valence-electron chi connectivity index (χ1n) is 13.2. The van der Waals surface area contributed by atoms with Crippen LogP contribution < -0.4 is 21.2 Å². The molecule has 1 aliphatic heterocycles. The molecule has 0 aromatic heterocycles. The summed E-state index contributed by atoms with van der Waals surface area (Å²) in [7, 11) is -2.54. The predicted molar refractivity (Wildman–Crippen MR) is 176 cm³/mol. The van der Waals surface area contributed by atoms with E-state index < -0.39 is 27.8 Å². The molecule has 0 saturated carbocycles. The zero-order chi connectivity index (χ0) is 30.4. The van der Waals surface area contributed by atoms with Crippen molar-refractivity contribution in [2.45, 2.75) is 0 Å². The van der Waals surface area contributed by atoms with Crippen molar-refractivity contribution in [3.05, 3.63) is 168 Å². The molecule has 0 unspecified atom stereocenters. The van der Waals surface area contributed by atoms with Crippen LogP contribution in [0.15, 0.2) is 162 Å². The van der Waals surface area contributed by atoms with Crippen molar-refractivity contribution in [2.75, 3.05) is 0 Å². The standard InChI is InChI=1S/C28H20O3P2.C8H6.CO.Co/c29-27-25(32(21-13-5-1-6-14-21)22-15-7-2-8-16-22)26(28(30)31-27)33(23-17-9-3-10-18-23)24-19-11-4-12-20-24;1-2-8-6-4-3-5-7-8;1-2;/h1-20H;1,3-7H;;. The summed E-state index contributed by atoms with van der Waals surface area (Å²) in [5.74, 6) is 1.46. The second kappa shape index (κ2) is 17.6. The molecule has 0 fully saturated rings. The van der Waals surface area contributed by atoms with E-state index in [1.807, 2.05) is 152 Å². The maximum absolute atomic E-state index is 13.3. The average molecular weight is 655 g/mol. The summed E-state index contributed by atoms with van der Waals surface area (Å²) in [6, 6.07) is 49.3. The van der Waals surface area contributed by atoms with Crippen LogP contribution in [0.3, 0.4) is 0 Å². The number of esters is 2. The van der Waals surface area contributed by atoms with Crippen LogP contribution in [-0.4, -0.2) is 18.7 Å². The molecule has 44 heavy (non-hydrogen) atoms. The molecule has 217 valence electrons. The zero-order valence-corrected chi connectivity index (χ0v) is 26.2. The van der Waals surface area contributed by atoms with Crippen molar-refractivity contribution in [3.63, 3.8) is 0 Å². The Kier molecular flexibility index (Phi) is 13.7. The Bertz CT molecular complexity index is 1530. The molecule has 0 N–H and O–H groups in total. The van der Waals surface area contributed by atoms with Crippen LogP contribution in [0.1, 0.15) is 5.56 Å². The summed E-state index contributed by atoms with van der Waals surface area (Å²) < 4.78 is 5.31. The van der Waals surface area contributed by atoms with E-state index in [-0.39, 0.29) is 16.8 Å². The van der Waals surface area contributed by atoms with Crippen LogP contribution in [-0.2, 0) is 35.9 Å². The Labute approximate surface area is 270 Å². The fourth-order valence-corrected chi connectivity index (χ4v) is 9.60. The number of carbonyl (C=O) groups excluding carboxylic acids is 3. The SMILES string of the molecule is C#Cc1ccccc1.O=C1OC(=O)C(P(c2ccccc2)c2ccccc2)=C1P(c1ccccc1)c1ccccc1.[C]=O.[Co]. The van der Waals surface area contributed by atoms with Crippen molar-refractivity contribution in [3.8, 4) is 12.3 Å². The van der Waals surface area contributed by atoms with E-state index in [4.69, 9.17) is 16.0 Å². The summed E-state index contributed by atoms with van der Waals surface area (Å²) in [6.45, 7) is 4.50. The topological polar surface area (TPSA) is 60.4 Å². The van der Waals surface area contributed by atoms with E-state index in [2.05, 4.69) is 12.7 Å². The van der Waals surface area contributed by atoms with Crippen LogP contribution in [0.5, 0.6) is 0 Å². The minimum Gasteiger partial charge on any atom is -0.386 e. The molecule has 1 heterocycles. The van der Waals surface area contributed by atoms with E-state index in [1.54, 1.807) is 0 Å². The van der Waals surface area contributed by atoms with Gasteiger partial charge in [-0.2, -0.15) is 0 Å². The van der Waals surface area contributed by atoms with Crippen LogP contribution in [0.2, 0.25) is 0 Å². The number of hydrogen-bond acceptors (Lipinski definition) is 4. The third kappa shape index (κ3) is 8.35. The first kappa shape index (κ1) is 34.1. The van der Waals surface area contributed by atoms with Crippen molar-refractivity contribution in [1.82, 2.24) is 0 Å². The summed E-state index contributed by atoms with van der Waals surface area (Å²) >= 11 is 0. The molecule has 0 spiro atoms. The quantitative estimate of drug-likeness (QED) is 0.100. The Balaban J connectivity index is 0.000000415. The maximum Gasteiger partial charge on any atom is 0.348 e. The Morgan fingerprint density at radius 1 is 0.477 bits per heavy atom. The van der Waals surface area contributed by atoms with Crippen molar-refractivity contribution in [2.24, 2.45) is 0 Å². The predicted octanol–water partition coefficient (Wildman–Crippen LogP) is 5.82. The van der Waals surface area contributed by atoms with Crippen molar-refractivity contribution >= 4 is 55.8 Å². The first-order chi connectivity index (χ1) is 21.2. The Hall–Kier alpha value is -4.42. The molecular weight excluding hydrogens is 629 g/mol. The van der Waals surface area contributed by atoms with Gasteiger partial charge in [0.1, 0.15) is 0 Å². The maximum atomic E-state index is 13.3. The van der Waals surface area contributed by atoms with Gasteiger partial charge in [-0.05, 0) is 49.2 Å². The van der Waals surface area contributed by atoms with Gasteiger partial charge in [-0.3, -0.25) is 4.79 Å². The monoisotopic (exact) mass is 655 g/mol. The average Bonchev–Trinajstić information content (AvgIpc) is 3.37. The molecule has 0 saturated heterocycles. The number of carbonyl (C=O) groups is 2. The minimum absolute atomic E-state index is 0. The molecule has 7 heteroatoms. The van der Waals surface area contributed by atoms with Gasteiger partial charge in [0.2, 0.25) is 0 Å². The summed E-state index contributed by atoms with van der Waals surface area (Å²) in [4.78, 5) is 34.1.